The van der Waals surface area contributed by atoms with E-state index in [-0.39, 0.29) is 29.4 Å². The second-order valence-corrected chi connectivity index (χ2v) is 6.12. The van der Waals surface area contributed by atoms with E-state index in [1.165, 1.54) is 24.3 Å². The minimum absolute atomic E-state index is 0.0592. The SMILES string of the molecule is O=C1[C@@H]2[C@H]3C[C@@H]([C@@H](O)[C@H]3O)[C@@H]2C(=O)N1c1ccc(O)cc1. The standard InChI is InChI=1S/C15H15NO5/c17-7-3-1-6(2-4-7)16-14(20)10-8-5-9(11(10)15(16)21)13(19)12(8)18/h1-4,8-13,17-19H,5H2/t8-,9-,10-,11+,12+,13-/m1/s1. The van der Waals surface area contributed by atoms with E-state index in [2.05, 4.69) is 0 Å². The number of imide groups is 1. The van der Waals surface area contributed by atoms with Gasteiger partial charge in [-0.05, 0) is 30.7 Å². The van der Waals surface area contributed by atoms with Crippen molar-refractivity contribution in [2.75, 3.05) is 4.90 Å². The lowest BCUT2D eigenvalue weighted by atomic mass is 9.78. The van der Waals surface area contributed by atoms with Gasteiger partial charge in [0, 0.05) is 11.8 Å². The van der Waals surface area contributed by atoms with E-state index in [9.17, 15) is 24.9 Å². The number of anilines is 1. The number of aliphatic hydroxyl groups excluding tert-OH is 2. The first-order valence-corrected chi connectivity index (χ1v) is 7.03. The van der Waals surface area contributed by atoms with Gasteiger partial charge in [0.2, 0.25) is 11.8 Å². The summed E-state index contributed by atoms with van der Waals surface area (Å²) in [6.07, 6.45) is -1.32. The summed E-state index contributed by atoms with van der Waals surface area (Å²) in [5.74, 6) is -2.31. The van der Waals surface area contributed by atoms with Crippen molar-refractivity contribution in [1.82, 2.24) is 0 Å². The molecule has 2 amide bonds. The zero-order valence-corrected chi connectivity index (χ0v) is 11.1. The van der Waals surface area contributed by atoms with E-state index in [1.54, 1.807) is 0 Å². The molecule has 1 saturated heterocycles. The number of rotatable bonds is 1. The van der Waals surface area contributed by atoms with Gasteiger partial charge in [-0.2, -0.15) is 0 Å². The summed E-state index contributed by atoms with van der Waals surface area (Å²) in [6.45, 7) is 0. The number of aromatic hydroxyl groups is 1. The van der Waals surface area contributed by atoms with Gasteiger partial charge in [0.15, 0.2) is 0 Å². The Morgan fingerprint density at radius 2 is 1.38 bits per heavy atom. The molecule has 3 N–H and O–H groups in total. The smallest absolute Gasteiger partial charge is 0.238 e. The molecule has 1 aromatic rings. The minimum atomic E-state index is -0.923. The van der Waals surface area contributed by atoms with Gasteiger partial charge in [0.05, 0.1) is 29.7 Å². The second kappa shape index (κ2) is 4.05. The van der Waals surface area contributed by atoms with Gasteiger partial charge in [0.25, 0.3) is 0 Å². The monoisotopic (exact) mass is 289 g/mol. The molecule has 0 spiro atoms. The summed E-state index contributed by atoms with van der Waals surface area (Å²) in [5.41, 5.74) is 0.417. The van der Waals surface area contributed by atoms with Gasteiger partial charge in [-0.3, -0.25) is 14.5 Å². The summed E-state index contributed by atoms with van der Waals surface area (Å²) in [4.78, 5) is 26.3. The number of carbonyl (C=O) groups excluding carboxylic acids is 2. The van der Waals surface area contributed by atoms with Crippen molar-refractivity contribution in [3.8, 4) is 5.75 Å². The molecule has 2 bridgehead atoms. The third-order valence-electron chi connectivity index (χ3n) is 5.20. The number of fused-ring (bicyclic) bond motifs is 5. The normalized spacial score (nSPS) is 41.0. The highest BCUT2D eigenvalue weighted by atomic mass is 16.3. The van der Waals surface area contributed by atoms with Crippen molar-refractivity contribution in [2.45, 2.75) is 18.6 Å². The van der Waals surface area contributed by atoms with E-state index in [4.69, 9.17) is 0 Å². The summed E-state index contributed by atoms with van der Waals surface area (Å²) in [6, 6.07) is 5.87. The number of phenolic OH excluding ortho intramolecular Hbond substituents is 1. The number of aliphatic hydroxyl groups is 2. The number of benzene rings is 1. The number of hydrogen-bond donors (Lipinski definition) is 3. The van der Waals surface area contributed by atoms with Crippen LogP contribution in [0, 0.1) is 23.7 Å². The van der Waals surface area contributed by atoms with Crippen LogP contribution in [0.5, 0.6) is 5.75 Å². The topological polar surface area (TPSA) is 98.1 Å². The lowest BCUT2D eigenvalue weighted by Gasteiger charge is -2.29. The Hall–Kier alpha value is -1.92. The van der Waals surface area contributed by atoms with Crippen LogP contribution in [0.25, 0.3) is 0 Å². The molecule has 1 aromatic carbocycles. The van der Waals surface area contributed by atoms with Crippen LogP contribution in [-0.4, -0.2) is 39.3 Å². The number of hydrogen-bond acceptors (Lipinski definition) is 5. The Kier molecular flexibility index (Phi) is 2.47. The van der Waals surface area contributed by atoms with E-state index < -0.39 is 24.0 Å². The number of amides is 2. The molecular formula is C15H15NO5. The molecule has 1 aliphatic heterocycles. The van der Waals surface area contributed by atoms with Crippen LogP contribution >= 0.6 is 0 Å². The van der Waals surface area contributed by atoms with E-state index in [1.807, 2.05) is 0 Å². The number of carbonyl (C=O) groups is 2. The predicted molar refractivity (Wildman–Crippen MR) is 71.2 cm³/mol. The van der Waals surface area contributed by atoms with Crippen LogP contribution < -0.4 is 4.90 Å². The highest BCUT2D eigenvalue weighted by Crippen LogP contribution is 2.56. The van der Waals surface area contributed by atoms with Gasteiger partial charge in [-0.15, -0.1) is 0 Å². The van der Waals surface area contributed by atoms with Gasteiger partial charge in [0.1, 0.15) is 5.75 Å². The molecule has 2 saturated carbocycles. The van der Waals surface area contributed by atoms with E-state index >= 15 is 0 Å². The molecule has 110 valence electrons. The molecule has 6 heteroatoms. The van der Waals surface area contributed by atoms with Crippen LogP contribution in [-0.2, 0) is 9.59 Å². The Morgan fingerprint density at radius 1 is 0.905 bits per heavy atom. The third-order valence-corrected chi connectivity index (χ3v) is 5.20. The largest absolute Gasteiger partial charge is 0.508 e. The molecular weight excluding hydrogens is 274 g/mol. The fourth-order valence-electron chi connectivity index (χ4n) is 4.29. The Bertz CT molecular complexity index is 595. The maximum Gasteiger partial charge on any atom is 0.238 e. The van der Waals surface area contributed by atoms with Gasteiger partial charge in [-0.25, -0.2) is 0 Å². The van der Waals surface area contributed by atoms with Crippen LogP contribution in [0.2, 0.25) is 0 Å². The molecule has 21 heavy (non-hydrogen) atoms. The molecule has 0 radical (unpaired) electrons. The molecule has 4 rings (SSSR count). The van der Waals surface area contributed by atoms with Crippen molar-refractivity contribution in [3.63, 3.8) is 0 Å². The summed E-state index contributed by atoms with van der Waals surface area (Å²) >= 11 is 0. The summed E-state index contributed by atoms with van der Waals surface area (Å²) in [7, 11) is 0. The lowest BCUT2D eigenvalue weighted by molar-refractivity contribution is -0.129. The van der Waals surface area contributed by atoms with Crippen LogP contribution in [0.3, 0.4) is 0 Å². The second-order valence-electron chi connectivity index (χ2n) is 6.12. The van der Waals surface area contributed by atoms with Crippen LogP contribution in [0.4, 0.5) is 5.69 Å². The highest BCUT2D eigenvalue weighted by molar-refractivity contribution is 6.22. The molecule has 2 aliphatic carbocycles. The van der Waals surface area contributed by atoms with Crippen molar-refractivity contribution >= 4 is 17.5 Å². The molecule has 1 heterocycles. The first-order chi connectivity index (χ1) is 10.0. The van der Waals surface area contributed by atoms with Gasteiger partial charge in [-0.1, -0.05) is 0 Å². The van der Waals surface area contributed by atoms with Crippen molar-refractivity contribution < 1.29 is 24.9 Å². The Morgan fingerprint density at radius 3 is 1.86 bits per heavy atom. The average molecular weight is 289 g/mol. The first kappa shape index (κ1) is 12.8. The quantitative estimate of drug-likeness (QED) is 0.626. The molecule has 0 aromatic heterocycles. The number of nitrogens with zero attached hydrogens (tertiary/aromatic N) is 1. The molecule has 6 nitrogen and oxygen atoms in total. The average Bonchev–Trinajstić information content (AvgIpc) is 3.06. The van der Waals surface area contributed by atoms with Crippen molar-refractivity contribution in [2.24, 2.45) is 23.7 Å². The molecule has 3 fully saturated rings. The van der Waals surface area contributed by atoms with Crippen molar-refractivity contribution in [1.29, 1.82) is 0 Å². The van der Waals surface area contributed by atoms with Crippen LogP contribution in [0.1, 0.15) is 6.42 Å². The summed E-state index contributed by atoms with van der Waals surface area (Å²) < 4.78 is 0. The van der Waals surface area contributed by atoms with E-state index in [0.29, 0.717) is 12.1 Å². The fourth-order valence-corrected chi connectivity index (χ4v) is 4.29. The third kappa shape index (κ3) is 1.49. The molecule has 0 unspecified atom stereocenters. The minimum Gasteiger partial charge on any atom is -0.508 e. The lowest BCUT2D eigenvalue weighted by Crippen LogP contribution is -2.43. The zero-order valence-electron chi connectivity index (χ0n) is 11.1. The predicted octanol–water partition coefficient (Wildman–Crippen LogP) is -0.131. The molecule has 6 atom stereocenters. The number of phenols is 1. The Balaban J connectivity index is 1.73. The highest BCUT2D eigenvalue weighted by Gasteiger charge is 2.67. The van der Waals surface area contributed by atoms with E-state index in [0.717, 1.165) is 4.90 Å². The van der Waals surface area contributed by atoms with Gasteiger partial charge < -0.3 is 15.3 Å². The Labute approximate surface area is 120 Å². The zero-order chi connectivity index (χ0) is 14.9. The maximum absolute atomic E-state index is 12.6. The van der Waals surface area contributed by atoms with Crippen LogP contribution in [0.15, 0.2) is 24.3 Å². The first-order valence-electron chi connectivity index (χ1n) is 7.03. The summed E-state index contributed by atoms with van der Waals surface area (Å²) in [5, 5.41) is 29.2. The van der Waals surface area contributed by atoms with Gasteiger partial charge >= 0.3 is 0 Å². The molecule has 3 aliphatic rings. The fraction of sp³-hybridized carbons (Fsp3) is 0.467. The van der Waals surface area contributed by atoms with Crippen molar-refractivity contribution in [3.05, 3.63) is 24.3 Å². The maximum atomic E-state index is 12.6.